The summed E-state index contributed by atoms with van der Waals surface area (Å²) in [6, 6.07) is 26.8. The molecule has 2 amide bonds. The summed E-state index contributed by atoms with van der Waals surface area (Å²) in [5.41, 5.74) is 12.9. The van der Waals surface area contributed by atoms with Crippen molar-refractivity contribution in [2.75, 3.05) is 43.7 Å². The van der Waals surface area contributed by atoms with Gasteiger partial charge in [-0.25, -0.2) is 0 Å². The first-order valence-electron chi connectivity index (χ1n) is 18.3. The minimum absolute atomic E-state index is 0.0202. The number of para-hydroxylation sites is 2. The third-order valence-corrected chi connectivity index (χ3v) is 9.86. The first-order valence-corrected chi connectivity index (χ1v) is 18.3. The zero-order valence-corrected chi connectivity index (χ0v) is 30.5. The lowest BCUT2D eigenvalue weighted by Crippen LogP contribution is -2.41. The summed E-state index contributed by atoms with van der Waals surface area (Å²) in [6.45, 7) is 2.36. The number of nitrogens with one attached hydrogen (secondary N) is 2. The quantitative estimate of drug-likeness (QED) is 0.0760. The van der Waals surface area contributed by atoms with Crippen molar-refractivity contribution >= 4 is 28.9 Å². The number of unbranched alkanes of at least 4 members (excludes halogenated alkanes) is 2. The lowest BCUT2D eigenvalue weighted by atomic mass is 9.97. The van der Waals surface area contributed by atoms with Gasteiger partial charge in [-0.1, -0.05) is 55.0 Å². The van der Waals surface area contributed by atoms with Crippen LogP contribution >= 0.6 is 0 Å². The first-order chi connectivity index (χ1) is 25.8. The maximum absolute atomic E-state index is 12.9. The molecule has 4 aromatic rings. The van der Waals surface area contributed by atoms with Gasteiger partial charge in [-0.05, 0) is 77.9 Å². The summed E-state index contributed by atoms with van der Waals surface area (Å²) in [5, 5.41) is 15.5. The number of nitrogen functional groups attached to an aromatic ring is 1. The van der Waals surface area contributed by atoms with Gasteiger partial charge < -0.3 is 40.4 Å². The molecule has 11 heteroatoms. The van der Waals surface area contributed by atoms with Crippen LogP contribution in [-0.4, -0.2) is 55.2 Å². The van der Waals surface area contributed by atoms with Gasteiger partial charge in [0.25, 0.3) is 0 Å². The number of aliphatic hydroxyl groups excluding tert-OH is 1. The second-order valence-electron chi connectivity index (χ2n) is 13.7. The normalized spacial score (nSPS) is 18.5. The van der Waals surface area contributed by atoms with E-state index >= 15 is 0 Å². The number of anilines is 3. The smallest absolute Gasteiger partial charge is 0.224 e. The molecule has 2 aliphatic rings. The van der Waals surface area contributed by atoms with Crippen LogP contribution in [0.5, 0.6) is 11.5 Å². The number of benzene rings is 4. The molecule has 0 spiro atoms. The van der Waals surface area contributed by atoms with Crippen molar-refractivity contribution in [1.82, 2.24) is 4.90 Å². The molecule has 53 heavy (non-hydrogen) atoms. The van der Waals surface area contributed by atoms with Crippen LogP contribution in [0, 0.1) is 0 Å². The third kappa shape index (κ3) is 10.1. The summed E-state index contributed by atoms with van der Waals surface area (Å²) in [4.78, 5) is 27.6. The van der Waals surface area contributed by atoms with Crippen LogP contribution in [-0.2, 0) is 38.6 Å². The molecule has 6 rings (SSSR count). The number of nitrogens with two attached hydrogens (primary N) is 1. The van der Waals surface area contributed by atoms with Crippen molar-refractivity contribution in [3.63, 3.8) is 0 Å². The van der Waals surface area contributed by atoms with Crippen molar-refractivity contribution in [1.29, 1.82) is 0 Å². The number of aliphatic hydroxyl groups is 1. The van der Waals surface area contributed by atoms with E-state index in [-0.39, 0.29) is 30.6 Å². The second-order valence-corrected chi connectivity index (χ2v) is 13.7. The van der Waals surface area contributed by atoms with E-state index in [1.165, 1.54) is 11.1 Å². The summed E-state index contributed by atoms with van der Waals surface area (Å²) < 4.78 is 24.4. The number of methoxy groups -OCH3 is 2. The number of hydrogen-bond donors (Lipinski definition) is 4. The fourth-order valence-electron chi connectivity index (χ4n) is 6.98. The molecule has 0 bridgehead atoms. The van der Waals surface area contributed by atoms with Crippen molar-refractivity contribution < 1.29 is 33.6 Å². The van der Waals surface area contributed by atoms with Gasteiger partial charge in [-0.3, -0.25) is 14.5 Å². The minimum Gasteiger partial charge on any atom is -0.493 e. The van der Waals surface area contributed by atoms with Gasteiger partial charge in [0.05, 0.1) is 44.4 Å². The van der Waals surface area contributed by atoms with Gasteiger partial charge in [0.1, 0.15) is 0 Å². The number of ether oxygens (including phenoxy) is 4. The van der Waals surface area contributed by atoms with Crippen molar-refractivity contribution in [2.24, 2.45) is 0 Å². The Bertz CT molecular complexity index is 1850. The molecule has 1 saturated heterocycles. The average Bonchev–Trinajstić information content (AvgIpc) is 3.18. The summed E-state index contributed by atoms with van der Waals surface area (Å²) >= 11 is 0. The summed E-state index contributed by atoms with van der Waals surface area (Å²) in [5.74, 6) is 1.29. The molecule has 2 aliphatic heterocycles. The van der Waals surface area contributed by atoms with Crippen LogP contribution in [0.15, 0.2) is 84.9 Å². The molecule has 11 nitrogen and oxygen atoms in total. The van der Waals surface area contributed by atoms with Crippen LogP contribution in [0.25, 0.3) is 0 Å². The zero-order chi connectivity index (χ0) is 37.2. The molecule has 1 fully saturated rings. The Morgan fingerprint density at radius 2 is 1.55 bits per heavy atom. The van der Waals surface area contributed by atoms with Crippen molar-refractivity contribution in [3.8, 4) is 11.5 Å². The monoisotopic (exact) mass is 722 g/mol. The van der Waals surface area contributed by atoms with E-state index in [0.29, 0.717) is 49.2 Å². The van der Waals surface area contributed by atoms with Crippen LogP contribution in [0.1, 0.15) is 78.7 Å². The van der Waals surface area contributed by atoms with Gasteiger partial charge in [0.15, 0.2) is 17.8 Å². The fraction of sp³-hybridized carbons (Fsp3) is 0.381. The topological polar surface area (TPSA) is 145 Å². The highest BCUT2D eigenvalue weighted by atomic mass is 16.7. The number of fused-ring (bicyclic) bond motifs is 1. The SMILES string of the molecule is COc1cc2c(cc1OC)CN(C[C@H]1C[C@@H](c3ccc(CO)cc3)O[C@@H](c3cccc(NC(=O)CCCCCC(=O)Nc4ccccc4N)c3)O1)CC2. The van der Waals surface area contributed by atoms with E-state index in [9.17, 15) is 14.7 Å². The molecule has 4 aromatic carbocycles. The largest absolute Gasteiger partial charge is 0.493 e. The molecule has 3 atom stereocenters. The predicted octanol–water partition coefficient (Wildman–Crippen LogP) is 6.91. The Morgan fingerprint density at radius 3 is 2.26 bits per heavy atom. The molecule has 280 valence electrons. The second kappa shape index (κ2) is 18.2. The van der Waals surface area contributed by atoms with E-state index in [1.807, 2.05) is 60.7 Å². The Hall–Kier alpha value is -4.94. The van der Waals surface area contributed by atoms with Crippen LogP contribution < -0.4 is 25.8 Å². The standard InChI is InChI=1S/C42H50N4O7/c1-50-38-22-30-19-20-46(25-32(30)23-39(38)51-2)26-34-24-37(29-17-15-28(27-47)16-18-29)53-42(52-34)31-9-8-10-33(21-31)44-40(48)13-4-3-5-14-41(49)45-36-12-7-6-11-35(36)43/h6-12,15-18,21-23,34,37,42,47H,3-5,13-14,19-20,24-27,43H2,1-2H3,(H,44,48)(H,45,49)/t34-,37+,42+/m1/s1. The number of rotatable bonds is 15. The molecule has 5 N–H and O–H groups in total. The average molecular weight is 723 g/mol. The van der Waals surface area contributed by atoms with Crippen molar-refractivity contribution in [2.45, 2.75) is 76.6 Å². The Morgan fingerprint density at radius 1 is 0.830 bits per heavy atom. The number of hydrogen-bond acceptors (Lipinski definition) is 9. The van der Waals surface area contributed by atoms with E-state index in [0.717, 1.165) is 60.7 Å². The zero-order valence-electron chi connectivity index (χ0n) is 30.5. The molecular formula is C42H50N4O7. The highest BCUT2D eigenvalue weighted by Crippen LogP contribution is 2.40. The molecule has 0 aliphatic carbocycles. The number of carbonyl (C=O) groups is 2. The first kappa shape index (κ1) is 37.8. The lowest BCUT2D eigenvalue weighted by molar-refractivity contribution is -0.253. The van der Waals surface area contributed by atoms with Crippen LogP contribution in [0.4, 0.5) is 17.1 Å². The third-order valence-electron chi connectivity index (χ3n) is 9.86. The van der Waals surface area contributed by atoms with E-state index in [4.69, 9.17) is 24.7 Å². The number of amides is 2. The van der Waals surface area contributed by atoms with E-state index < -0.39 is 6.29 Å². The minimum atomic E-state index is -0.646. The molecule has 0 saturated carbocycles. The lowest BCUT2D eigenvalue weighted by Gasteiger charge is -2.39. The molecule has 0 aromatic heterocycles. The number of nitrogens with zero attached hydrogens (tertiary/aromatic N) is 1. The van der Waals surface area contributed by atoms with Gasteiger partial charge in [0, 0.05) is 50.1 Å². The van der Waals surface area contributed by atoms with E-state index in [1.54, 1.807) is 26.4 Å². The summed E-state index contributed by atoms with van der Waals surface area (Å²) in [6.07, 6.45) is 3.38. The van der Waals surface area contributed by atoms with Gasteiger partial charge in [-0.15, -0.1) is 0 Å². The molecule has 0 radical (unpaired) electrons. The Labute approximate surface area is 311 Å². The predicted molar refractivity (Wildman–Crippen MR) is 205 cm³/mol. The number of carbonyl (C=O) groups excluding carboxylic acids is 2. The maximum Gasteiger partial charge on any atom is 0.224 e. The highest BCUT2D eigenvalue weighted by molar-refractivity contribution is 5.93. The Kier molecular flexibility index (Phi) is 13.0. The van der Waals surface area contributed by atoms with Gasteiger partial charge >= 0.3 is 0 Å². The summed E-state index contributed by atoms with van der Waals surface area (Å²) in [7, 11) is 3.32. The van der Waals surface area contributed by atoms with Crippen LogP contribution in [0.2, 0.25) is 0 Å². The van der Waals surface area contributed by atoms with Crippen LogP contribution in [0.3, 0.4) is 0 Å². The van der Waals surface area contributed by atoms with Crippen molar-refractivity contribution in [3.05, 3.63) is 113 Å². The highest BCUT2D eigenvalue weighted by Gasteiger charge is 2.34. The molecular weight excluding hydrogens is 672 g/mol. The van der Waals surface area contributed by atoms with Gasteiger partial charge in [0.2, 0.25) is 11.8 Å². The Balaban J connectivity index is 1.06. The van der Waals surface area contributed by atoms with E-state index in [2.05, 4.69) is 27.7 Å². The van der Waals surface area contributed by atoms with Gasteiger partial charge in [-0.2, -0.15) is 0 Å². The fourth-order valence-corrected chi connectivity index (χ4v) is 6.98. The molecule has 2 heterocycles. The maximum atomic E-state index is 12.9. The molecule has 0 unspecified atom stereocenters.